The minimum absolute atomic E-state index is 0.224. The Morgan fingerprint density at radius 2 is 1.86 bits per heavy atom. The molecule has 1 aliphatic heterocycles. The summed E-state index contributed by atoms with van der Waals surface area (Å²) in [5.41, 5.74) is 5.41. The Morgan fingerprint density at radius 3 is 2.43 bits per heavy atom. The zero-order valence-electron chi connectivity index (χ0n) is 13.7. The van der Waals surface area contributed by atoms with Crippen molar-refractivity contribution < 1.29 is 4.74 Å². The van der Waals surface area contributed by atoms with Gasteiger partial charge in [-0.2, -0.15) is 9.97 Å². The summed E-state index contributed by atoms with van der Waals surface area (Å²) in [7, 11) is 0. The number of aromatic nitrogens is 2. The maximum absolute atomic E-state index is 6.11. The molecule has 1 aliphatic rings. The van der Waals surface area contributed by atoms with E-state index in [1.807, 2.05) is 6.07 Å². The molecule has 0 saturated carbocycles. The molecule has 6 heteroatoms. The first kappa shape index (κ1) is 15.8. The Morgan fingerprint density at radius 1 is 1.24 bits per heavy atom. The summed E-state index contributed by atoms with van der Waals surface area (Å²) in [6.45, 7) is 12.9. The van der Waals surface area contributed by atoms with Gasteiger partial charge in [0.2, 0.25) is 5.95 Å². The fourth-order valence-electron chi connectivity index (χ4n) is 2.91. The van der Waals surface area contributed by atoms with E-state index in [1.165, 1.54) is 0 Å². The summed E-state index contributed by atoms with van der Waals surface area (Å²) in [6.07, 6.45) is 1.04. The molecule has 6 nitrogen and oxygen atoms in total. The van der Waals surface area contributed by atoms with Gasteiger partial charge in [-0.3, -0.25) is 0 Å². The highest BCUT2D eigenvalue weighted by molar-refractivity contribution is 5.53. The van der Waals surface area contributed by atoms with E-state index >= 15 is 0 Å². The first-order valence-electron chi connectivity index (χ1n) is 7.54. The third-order valence-corrected chi connectivity index (χ3v) is 3.31. The van der Waals surface area contributed by atoms with Crippen LogP contribution in [0.3, 0.4) is 0 Å². The number of nitrogen functional groups attached to an aromatic ring is 1. The lowest BCUT2D eigenvalue weighted by molar-refractivity contribution is -0.133. The fraction of sp³-hybridized carbons (Fsp3) is 0.733. The minimum Gasteiger partial charge on any atom is -0.370 e. The van der Waals surface area contributed by atoms with Crippen molar-refractivity contribution in [2.45, 2.75) is 52.2 Å². The summed E-state index contributed by atoms with van der Waals surface area (Å²) >= 11 is 0. The van der Waals surface area contributed by atoms with Gasteiger partial charge in [0.05, 0.1) is 11.2 Å². The average molecular weight is 293 g/mol. The number of nitrogens with zero attached hydrogens (tertiary/aromatic N) is 3. The Hall–Kier alpha value is -1.56. The van der Waals surface area contributed by atoms with E-state index in [2.05, 4.69) is 54.8 Å². The molecular weight excluding hydrogens is 266 g/mol. The summed E-state index contributed by atoms with van der Waals surface area (Å²) in [5, 5.41) is 3.27. The van der Waals surface area contributed by atoms with Gasteiger partial charge in [0.25, 0.3) is 0 Å². The first-order valence-corrected chi connectivity index (χ1v) is 7.54. The van der Waals surface area contributed by atoms with Crippen LogP contribution in [0.15, 0.2) is 6.07 Å². The Balaban J connectivity index is 2.26. The number of hydrogen-bond donors (Lipinski definition) is 2. The van der Waals surface area contributed by atoms with E-state index in [9.17, 15) is 0 Å². The van der Waals surface area contributed by atoms with Crippen molar-refractivity contribution in [1.29, 1.82) is 0 Å². The van der Waals surface area contributed by atoms with E-state index < -0.39 is 0 Å². The second-order valence-corrected chi connectivity index (χ2v) is 6.87. The predicted octanol–water partition coefficient (Wildman–Crippen LogP) is 2.27. The van der Waals surface area contributed by atoms with Gasteiger partial charge in [-0.15, -0.1) is 0 Å². The molecule has 3 N–H and O–H groups in total. The molecule has 0 radical (unpaired) electrons. The zero-order chi connectivity index (χ0) is 15.7. The van der Waals surface area contributed by atoms with Gasteiger partial charge in [-0.05, 0) is 34.1 Å². The summed E-state index contributed by atoms with van der Waals surface area (Å²) in [5.74, 6) is 1.93. The van der Waals surface area contributed by atoms with Crippen molar-refractivity contribution in [3.05, 3.63) is 6.07 Å². The lowest BCUT2D eigenvalue weighted by atomic mass is 9.99. The molecular formula is C15H27N5O. The highest BCUT2D eigenvalue weighted by Crippen LogP contribution is 2.31. The Bertz CT molecular complexity index is 485. The lowest BCUT2D eigenvalue weighted by Gasteiger charge is -2.47. The molecule has 1 aromatic rings. The summed E-state index contributed by atoms with van der Waals surface area (Å²) in [4.78, 5) is 10.9. The molecule has 0 unspecified atom stereocenters. The SMILES string of the molecule is CCCNc1cc(N2CC(C)(C)OC(C)(C)C2)nc(N)n1. The molecule has 2 heterocycles. The Kier molecular flexibility index (Phi) is 4.27. The van der Waals surface area contributed by atoms with Gasteiger partial charge in [0.1, 0.15) is 11.6 Å². The summed E-state index contributed by atoms with van der Waals surface area (Å²) < 4.78 is 6.11. The van der Waals surface area contributed by atoms with E-state index in [4.69, 9.17) is 10.5 Å². The third kappa shape index (κ3) is 4.20. The topological polar surface area (TPSA) is 76.3 Å². The Labute approximate surface area is 127 Å². The van der Waals surface area contributed by atoms with Crippen molar-refractivity contribution in [3.63, 3.8) is 0 Å². The number of morpholine rings is 1. The smallest absolute Gasteiger partial charge is 0.223 e. The molecule has 0 bridgehead atoms. The molecule has 118 valence electrons. The van der Waals surface area contributed by atoms with Crippen molar-refractivity contribution >= 4 is 17.6 Å². The van der Waals surface area contributed by atoms with Crippen LogP contribution in [-0.4, -0.2) is 40.8 Å². The van der Waals surface area contributed by atoms with Gasteiger partial charge >= 0.3 is 0 Å². The van der Waals surface area contributed by atoms with Crippen molar-refractivity contribution in [3.8, 4) is 0 Å². The van der Waals surface area contributed by atoms with E-state index in [0.29, 0.717) is 5.95 Å². The normalized spacial score (nSPS) is 20.3. The van der Waals surface area contributed by atoms with Gasteiger partial charge in [-0.1, -0.05) is 6.92 Å². The molecule has 0 atom stereocenters. The molecule has 0 amide bonds. The third-order valence-electron chi connectivity index (χ3n) is 3.31. The van der Waals surface area contributed by atoms with Crippen LogP contribution in [0.25, 0.3) is 0 Å². The standard InChI is InChI=1S/C15H27N5O/c1-6-7-17-11-8-12(19-13(16)18-11)20-9-14(2,3)21-15(4,5)10-20/h8H,6-7,9-10H2,1-5H3,(H3,16,17,18,19). The molecule has 2 rings (SSSR count). The molecule has 1 saturated heterocycles. The van der Waals surface area contributed by atoms with Crippen LogP contribution in [0.4, 0.5) is 17.6 Å². The second kappa shape index (κ2) is 5.67. The molecule has 21 heavy (non-hydrogen) atoms. The van der Waals surface area contributed by atoms with Gasteiger partial charge in [0.15, 0.2) is 0 Å². The van der Waals surface area contributed by atoms with Crippen LogP contribution in [-0.2, 0) is 4.74 Å². The van der Waals surface area contributed by atoms with Gasteiger partial charge in [-0.25, -0.2) is 0 Å². The lowest BCUT2D eigenvalue weighted by Crippen LogP contribution is -2.57. The van der Waals surface area contributed by atoms with Crippen molar-refractivity contribution in [1.82, 2.24) is 9.97 Å². The minimum atomic E-state index is -0.224. The monoisotopic (exact) mass is 293 g/mol. The van der Waals surface area contributed by atoms with Gasteiger partial charge in [0, 0.05) is 25.7 Å². The van der Waals surface area contributed by atoms with Crippen molar-refractivity contribution in [2.24, 2.45) is 0 Å². The quantitative estimate of drug-likeness (QED) is 0.887. The average Bonchev–Trinajstić information content (AvgIpc) is 2.32. The van der Waals surface area contributed by atoms with E-state index in [-0.39, 0.29) is 11.2 Å². The fourth-order valence-corrected chi connectivity index (χ4v) is 2.91. The van der Waals surface area contributed by atoms with Gasteiger partial charge < -0.3 is 20.7 Å². The highest BCUT2D eigenvalue weighted by atomic mass is 16.5. The molecule has 1 fully saturated rings. The largest absolute Gasteiger partial charge is 0.370 e. The molecule has 0 aliphatic carbocycles. The van der Waals surface area contributed by atoms with Crippen LogP contribution in [0.2, 0.25) is 0 Å². The molecule has 0 aromatic carbocycles. The van der Waals surface area contributed by atoms with E-state index in [0.717, 1.165) is 37.7 Å². The van der Waals surface area contributed by atoms with Crippen LogP contribution < -0.4 is 16.0 Å². The maximum Gasteiger partial charge on any atom is 0.223 e. The van der Waals surface area contributed by atoms with Crippen LogP contribution in [0, 0.1) is 0 Å². The number of nitrogens with one attached hydrogen (secondary N) is 1. The summed E-state index contributed by atoms with van der Waals surface area (Å²) in [6, 6.07) is 1.96. The number of hydrogen-bond acceptors (Lipinski definition) is 6. The number of nitrogens with two attached hydrogens (primary N) is 1. The first-order chi connectivity index (χ1) is 9.71. The van der Waals surface area contributed by atoms with E-state index in [1.54, 1.807) is 0 Å². The van der Waals surface area contributed by atoms with Crippen LogP contribution >= 0.6 is 0 Å². The molecule has 0 spiro atoms. The molecule has 1 aromatic heterocycles. The number of ether oxygens (including phenoxy) is 1. The number of rotatable bonds is 4. The van der Waals surface area contributed by atoms with Crippen molar-refractivity contribution in [2.75, 3.05) is 35.6 Å². The second-order valence-electron chi connectivity index (χ2n) is 6.87. The highest BCUT2D eigenvalue weighted by Gasteiger charge is 2.38. The number of anilines is 3. The maximum atomic E-state index is 6.11. The van der Waals surface area contributed by atoms with Crippen LogP contribution in [0.5, 0.6) is 0 Å². The predicted molar refractivity (Wildman–Crippen MR) is 86.7 cm³/mol. The zero-order valence-corrected chi connectivity index (χ0v) is 13.7. The van der Waals surface area contributed by atoms with Crippen LogP contribution in [0.1, 0.15) is 41.0 Å².